The van der Waals surface area contributed by atoms with Gasteiger partial charge in [0.25, 0.3) is 0 Å². The molecule has 0 aliphatic heterocycles. The molecule has 0 aliphatic rings. The minimum absolute atomic E-state index is 0.124. The smallest absolute Gasteiger partial charge is 0.0972 e. The summed E-state index contributed by atoms with van der Waals surface area (Å²) in [6.07, 6.45) is 27.5. The van der Waals surface area contributed by atoms with Crippen LogP contribution in [0.25, 0.3) is 0 Å². The zero-order valence-electron chi connectivity index (χ0n) is 23.9. The average Bonchev–Trinajstić information content (AvgIpc) is 2.84. The average molecular weight is 485 g/mol. The molecule has 2 atom stereocenters. The van der Waals surface area contributed by atoms with Crippen molar-refractivity contribution in [2.75, 3.05) is 40.4 Å². The lowest BCUT2D eigenvalue weighted by Crippen LogP contribution is -2.44. The van der Waals surface area contributed by atoms with Crippen LogP contribution in [0.5, 0.6) is 0 Å². The third kappa shape index (κ3) is 23.6. The van der Waals surface area contributed by atoms with Crippen molar-refractivity contribution in [2.24, 2.45) is 0 Å². The maximum Gasteiger partial charge on any atom is 0.0972 e. The van der Waals surface area contributed by atoms with Crippen LogP contribution in [0.4, 0.5) is 0 Å². The largest absolute Gasteiger partial charge is 0.374 e. The summed E-state index contributed by atoms with van der Waals surface area (Å²) >= 11 is 0. The van der Waals surface area contributed by atoms with E-state index >= 15 is 0 Å². The van der Waals surface area contributed by atoms with E-state index in [1.807, 2.05) is 14.1 Å². The maximum absolute atomic E-state index is 6.29. The molecule has 0 saturated carbocycles. The Bertz CT molecular complexity index is 334. The molecule has 34 heavy (non-hydrogen) atoms. The van der Waals surface area contributed by atoms with Crippen LogP contribution in [0.2, 0.25) is 0 Å². The van der Waals surface area contributed by atoms with Crippen LogP contribution < -0.4 is 10.6 Å². The number of unbranched alkanes of at least 4 members (excludes halogenated alkanes) is 18. The van der Waals surface area contributed by atoms with Crippen LogP contribution in [-0.2, 0) is 9.47 Å². The lowest BCUT2D eigenvalue weighted by atomic mass is 10.1. The predicted octanol–water partition coefficient (Wildman–Crippen LogP) is 8.04. The fourth-order valence-electron chi connectivity index (χ4n) is 4.65. The summed E-state index contributed by atoms with van der Waals surface area (Å²) in [6.45, 7) is 7.98. The van der Waals surface area contributed by atoms with Crippen LogP contribution in [0.3, 0.4) is 0 Å². The second-order valence-corrected chi connectivity index (χ2v) is 10.3. The number of likely N-dealkylation sites (N-methyl/N-ethyl adjacent to an activating group) is 2. The Hall–Kier alpha value is -0.160. The Kier molecular flexibility index (Phi) is 28.9. The van der Waals surface area contributed by atoms with Crippen LogP contribution in [0, 0.1) is 0 Å². The third-order valence-corrected chi connectivity index (χ3v) is 6.88. The minimum atomic E-state index is 0.124. The van der Waals surface area contributed by atoms with Crippen molar-refractivity contribution in [1.82, 2.24) is 10.6 Å². The fourth-order valence-corrected chi connectivity index (χ4v) is 4.65. The Morgan fingerprint density at radius 2 is 0.676 bits per heavy atom. The summed E-state index contributed by atoms with van der Waals surface area (Å²) in [5, 5.41) is 6.61. The molecular formula is C30H64N2O2. The van der Waals surface area contributed by atoms with Crippen LogP contribution in [0.1, 0.15) is 142 Å². The lowest BCUT2D eigenvalue weighted by Gasteiger charge is -2.27. The molecule has 4 heteroatoms. The Morgan fingerprint density at radius 3 is 0.941 bits per heavy atom. The number of rotatable bonds is 29. The van der Waals surface area contributed by atoms with Crippen LogP contribution in [-0.4, -0.2) is 52.6 Å². The highest BCUT2D eigenvalue weighted by atomic mass is 16.5. The molecule has 2 N–H and O–H groups in total. The van der Waals surface area contributed by atoms with E-state index in [0.717, 1.165) is 26.3 Å². The highest BCUT2D eigenvalue weighted by Crippen LogP contribution is 2.13. The number of hydrogen-bond donors (Lipinski definition) is 2. The lowest BCUT2D eigenvalue weighted by molar-refractivity contribution is -0.0711. The van der Waals surface area contributed by atoms with E-state index in [2.05, 4.69) is 24.5 Å². The molecular weight excluding hydrogens is 420 g/mol. The van der Waals surface area contributed by atoms with E-state index < -0.39 is 0 Å². The van der Waals surface area contributed by atoms with Gasteiger partial charge in [0, 0.05) is 26.3 Å². The van der Waals surface area contributed by atoms with Gasteiger partial charge in [-0.3, -0.25) is 0 Å². The molecule has 0 radical (unpaired) electrons. The van der Waals surface area contributed by atoms with Crippen molar-refractivity contribution in [3.8, 4) is 0 Å². The molecule has 0 heterocycles. The number of nitrogens with one attached hydrogen (secondary N) is 2. The Morgan fingerprint density at radius 1 is 0.412 bits per heavy atom. The first kappa shape index (κ1) is 33.8. The van der Waals surface area contributed by atoms with Gasteiger partial charge in [-0.05, 0) is 26.9 Å². The SMILES string of the molecule is CCCCCCCCCCCCOC(CNC)C(CNC)OCCCCCCCCCCCC. The van der Waals surface area contributed by atoms with Gasteiger partial charge < -0.3 is 20.1 Å². The van der Waals surface area contributed by atoms with Gasteiger partial charge in [-0.15, -0.1) is 0 Å². The molecule has 0 aromatic rings. The highest BCUT2D eigenvalue weighted by Gasteiger charge is 2.21. The number of hydrogen-bond acceptors (Lipinski definition) is 4. The Labute approximate surface area is 215 Å². The topological polar surface area (TPSA) is 42.5 Å². The van der Waals surface area contributed by atoms with Crippen LogP contribution >= 0.6 is 0 Å². The van der Waals surface area contributed by atoms with Gasteiger partial charge in [-0.2, -0.15) is 0 Å². The van der Waals surface area contributed by atoms with Crippen LogP contribution in [0.15, 0.2) is 0 Å². The molecule has 4 nitrogen and oxygen atoms in total. The van der Waals surface area contributed by atoms with E-state index in [4.69, 9.17) is 9.47 Å². The second kappa shape index (κ2) is 29.1. The van der Waals surface area contributed by atoms with Gasteiger partial charge >= 0.3 is 0 Å². The standard InChI is InChI=1S/C30H64N2O2/c1-5-7-9-11-13-15-17-19-21-23-25-33-29(27-31-3)30(28-32-4)34-26-24-22-20-18-16-14-12-10-8-6-2/h29-32H,5-28H2,1-4H3. The summed E-state index contributed by atoms with van der Waals surface area (Å²) in [5.41, 5.74) is 0. The molecule has 0 aromatic carbocycles. The van der Waals surface area contributed by atoms with Gasteiger partial charge in [0.1, 0.15) is 0 Å². The molecule has 0 rings (SSSR count). The molecule has 0 bridgehead atoms. The fraction of sp³-hybridized carbons (Fsp3) is 1.00. The van der Waals surface area contributed by atoms with Gasteiger partial charge in [0.15, 0.2) is 0 Å². The van der Waals surface area contributed by atoms with E-state index in [9.17, 15) is 0 Å². The normalized spacial score (nSPS) is 13.4. The van der Waals surface area contributed by atoms with Crippen molar-refractivity contribution in [3.63, 3.8) is 0 Å². The first-order valence-electron chi connectivity index (χ1n) is 15.3. The van der Waals surface area contributed by atoms with Crippen molar-refractivity contribution >= 4 is 0 Å². The summed E-state index contributed by atoms with van der Waals surface area (Å²) in [4.78, 5) is 0. The molecule has 0 spiro atoms. The molecule has 206 valence electrons. The Balaban J connectivity index is 3.85. The van der Waals surface area contributed by atoms with Crippen molar-refractivity contribution in [1.29, 1.82) is 0 Å². The molecule has 2 unspecified atom stereocenters. The van der Waals surface area contributed by atoms with Crippen molar-refractivity contribution < 1.29 is 9.47 Å². The van der Waals surface area contributed by atoms with E-state index in [1.54, 1.807) is 0 Å². The summed E-state index contributed by atoms with van der Waals surface area (Å²) in [5.74, 6) is 0. The van der Waals surface area contributed by atoms with E-state index in [0.29, 0.717) is 0 Å². The molecule has 0 aromatic heterocycles. The summed E-state index contributed by atoms with van der Waals surface area (Å²) in [6, 6.07) is 0. The number of ether oxygens (including phenoxy) is 2. The predicted molar refractivity (Wildman–Crippen MR) is 151 cm³/mol. The van der Waals surface area contributed by atoms with Gasteiger partial charge in [-0.25, -0.2) is 0 Å². The monoisotopic (exact) mass is 484 g/mol. The molecule has 0 fully saturated rings. The van der Waals surface area contributed by atoms with E-state index in [-0.39, 0.29) is 12.2 Å². The quantitative estimate of drug-likeness (QED) is 0.105. The third-order valence-electron chi connectivity index (χ3n) is 6.88. The van der Waals surface area contributed by atoms with Crippen molar-refractivity contribution in [3.05, 3.63) is 0 Å². The highest BCUT2D eigenvalue weighted by molar-refractivity contribution is 4.75. The zero-order valence-corrected chi connectivity index (χ0v) is 23.9. The first-order valence-corrected chi connectivity index (χ1v) is 15.3. The zero-order chi connectivity index (χ0) is 25.0. The minimum Gasteiger partial charge on any atom is -0.374 e. The summed E-state index contributed by atoms with van der Waals surface area (Å²) in [7, 11) is 4.02. The van der Waals surface area contributed by atoms with Gasteiger partial charge in [0.05, 0.1) is 12.2 Å². The van der Waals surface area contributed by atoms with Crippen molar-refractivity contribution in [2.45, 2.75) is 154 Å². The molecule has 0 aliphatic carbocycles. The van der Waals surface area contributed by atoms with E-state index in [1.165, 1.54) is 128 Å². The maximum atomic E-state index is 6.29. The van der Waals surface area contributed by atoms with Gasteiger partial charge in [0.2, 0.25) is 0 Å². The summed E-state index contributed by atoms with van der Waals surface area (Å²) < 4.78 is 12.6. The first-order chi connectivity index (χ1) is 16.8. The van der Waals surface area contributed by atoms with Gasteiger partial charge in [-0.1, -0.05) is 129 Å². The molecule has 0 amide bonds. The second-order valence-electron chi connectivity index (χ2n) is 10.3. The molecule has 0 saturated heterocycles.